The third kappa shape index (κ3) is 4.76. The predicted molar refractivity (Wildman–Crippen MR) is 104 cm³/mol. The zero-order valence-corrected chi connectivity index (χ0v) is 16.6. The van der Waals surface area contributed by atoms with Crippen molar-refractivity contribution in [3.05, 3.63) is 29.8 Å². The van der Waals surface area contributed by atoms with Crippen LogP contribution in [0.2, 0.25) is 0 Å². The highest BCUT2D eigenvalue weighted by atomic mass is 32.2. The van der Waals surface area contributed by atoms with Crippen LogP contribution in [0, 0.1) is 0 Å². The van der Waals surface area contributed by atoms with Crippen LogP contribution in [-0.4, -0.2) is 65.4 Å². The van der Waals surface area contributed by atoms with Gasteiger partial charge in [-0.25, -0.2) is 13.1 Å². The normalized spacial score (nSPS) is 28.0. The molecule has 2 fully saturated rings. The van der Waals surface area contributed by atoms with E-state index in [2.05, 4.69) is 27.1 Å². The Hall–Kier alpha value is -1.15. The first-order valence-corrected chi connectivity index (χ1v) is 11.3. The van der Waals surface area contributed by atoms with E-state index in [9.17, 15) is 8.42 Å². The fourth-order valence-electron chi connectivity index (χ4n) is 4.36. The van der Waals surface area contributed by atoms with E-state index in [0.717, 1.165) is 57.6 Å². The first-order valence-electron chi connectivity index (χ1n) is 9.46. The predicted octanol–water partition coefficient (Wildman–Crippen LogP) is 1.33. The van der Waals surface area contributed by atoms with Gasteiger partial charge in [0, 0.05) is 44.2 Å². The van der Waals surface area contributed by atoms with Crippen LogP contribution < -0.4 is 14.8 Å². The van der Waals surface area contributed by atoms with Crippen molar-refractivity contribution in [1.82, 2.24) is 14.9 Å². The number of methoxy groups -OCH3 is 1. The van der Waals surface area contributed by atoms with Crippen LogP contribution >= 0.6 is 0 Å². The third-order valence-electron chi connectivity index (χ3n) is 5.94. The lowest BCUT2D eigenvalue weighted by atomic mass is 9.68. The van der Waals surface area contributed by atoms with Gasteiger partial charge in [0.2, 0.25) is 10.0 Å². The van der Waals surface area contributed by atoms with Crippen LogP contribution in [0.15, 0.2) is 24.3 Å². The Kier molecular flexibility index (Phi) is 6.22. The Morgan fingerprint density at radius 3 is 2.58 bits per heavy atom. The molecular formula is C19H31N3O3S. The number of rotatable bonds is 6. The van der Waals surface area contributed by atoms with Gasteiger partial charge in [-0.1, -0.05) is 12.1 Å². The molecule has 1 saturated heterocycles. The number of sulfonamides is 1. The Morgan fingerprint density at radius 2 is 1.96 bits per heavy atom. The summed E-state index contributed by atoms with van der Waals surface area (Å²) in [6, 6.07) is 8.72. The van der Waals surface area contributed by atoms with E-state index in [1.165, 1.54) is 11.8 Å². The van der Waals surface area contributed by atoms with Crippen molar-refractivity contribution in [2.75, 3.05) is 46.1 Å². The molecule has 0 bridgehead atoms. The second-order valence-electron chi connectivity index (χ2n) is 7.62. The number of hydrogen-bond acceptors (Lipinski definition) is 5. The average Bonchev–Trinajstić information content (AvgIpc) is 2.67. The van der Waals surface area contributed by atoms with Crippen molar-refractivity contribution in [3.8, 4) is 5.75 Å². The summed E-state index contributed by atoms with van der Waals surface area (Å²) in [6.45, 7) is 4.80. The molecule has 0 unspecified atom stereocenters. The molecule has 1 aliphatic carbocycles. The summed E-state index contributed by atoms with van der Waals surface area (Å²) in [5, 5.41) is 3.41. The van der Waals surface area contributed by atoms with E-state index in [4.69, 9.17) is 4.74 Å². The number of hydrogen-bond donors (Lipinski definition) is 2. The first kappa shape index (κ1) is 19.6. The maximum atomic E-state index is 11.7. The van der Waals surface area contributed by atoms with Gasteiger partial charge in [-0.3, -0.25) is 4.90 Å². The van der Waals surface area contributed by atoms with E-state index in [1.807, 2.05) is 12.1 Å². The number of benzene rings is 1. The molecular weight excluding hydrogens is 350 g/mol. The number of piperazine rings is 1. The highest BCUT2D eigenvalue weighted by Gasteiger charge is 2.39. The van der Waals surface area contributed by atoms with Gasteiger partial charge >= 0.3 is 0 Å². The van der Waals surface area contributed by atoms with Crippen molar-refractivity contribution in [1.29, 1.82) is 0 Å². The average molecular weight is 382 g/mol. The van der Waals surface area contributed by atoms with Crippen LogP contribution in [0.25, 0.3) is 0 Å². The molecule has 1 aliphatic heterocycles. The monoisotopic (exact) mass is 381 g/mol. The lowest BCUT2D eigenvalue weighted by Crippen LogP contribution is -2.52. The highest BCUT2D eigenvalue weighted by molar-refractivity contribution is 7.88. The molecule has 1 heterocycles. The van der Waals surface area contributed by atoms with Crippen molar-refractivity contribution in [2.45, 2.75) is 37.1 Å². The summed E-state index contributed by atoms with van der Waals surface area (Å²) in [4.78, 5) is 2.59. The molecule has 0 spiro atoms. The third-order valence-corrected chi connectivity index (χ3v) is 6.60. The van der Waals surface area contributed by atoms with Gasteiger partial charge in [0.25, 0.3) is 0 Å². The van der Waals surface area contributed by atoms with Crippen LogP contribution in [0.1, 0.15) is 31.2 Å². The van der Waals surface area contributed by atoms with E-state index in [1.54, 1.807) is 7.11 Å². The first-order chi connectivity index (χ1) is 12.4. The molecule has 0 radical (unpaired) electrons. The molecule has 1 aromatic rings. The largest absolute Gasteiger partial charge is 0.497 e. The molecule has 1 saturated carbocycles. The van der Waals surface area contributed by atoms with Gasteiger partial charge in [0.15, 0.2) is 0 Å². The zero-order chi connectivity index (χ0) is 18.6. The van der Waals surface area contributed by atoms with Gasteiger partial charge in [0.1, 0.15) is 5.75 Å². The molecule has 3 rings (SSSR count). The quantitative estimate of drug-likeness (QED) is 0.778. The van der Waals surface area contributed by atoms with Crippen LogP contribution in [0.4, 0.5) is 0 Å². The van der Waals surface area contributed by atoms with Gasteiger partial charge in [-0.15, -0.1) is 0 Å². The van der Waals surface area contributed by atoms with E-state index < -0.39 is 10.0 Å². The molecule has 1 aromatic carbocycles. The lowest BCUT2D eigenvalue weighted by molar-refractivity contribution is 0.111. The molecule has 0 aromatic heterocycles. The van der Waals surface area contributed by atoms with E-state index in [-0.39, 0.29) is 5.41 Å². The zero-order valence-electron chi connectivity index (χ0n) is 15.8. The van der Waals surface area contributed by atoms with Crippen LogP contribution in [-0.2, 0) is 15.4 Å². The summed E-state index contributed by atoms with van der Waals surface area (Å²) in [6.07, 6.45) is 5.40. The summed E-state index contributed by atoms with van der Waals surface area (Å²) in [7, 11) is -1.55. The second kappa shape index (κ2) is 8.25. The molecule has 26 heavy (non-hydrogen) atoms. The molecule has 7 heteroatoms. The summed E-state index contributed by atoms with van der Waals surface area (Å²) in [5.41, 5.74) is 1.01. The SMILES string of the molecule is COc1cccc(C2(CNS(C)(=O)=O)CCC(N3CCNCC3)CC2)c1. The Bertz CT molecular complexity index is 694. The lowest BCUT2D eigenvalue weighted by Gasteiger charge is -2.45. The maximum Gasteiger partial charge on any atom is 0.208 e. The molecule has 6 nitrogen and oxygen atoms in total. The van der Waals surface area contributed by atoms with Crippen molar-refractivity contribution in [2.24, 2.45) is 0 Å². The van der Waals surface area contributed by atoms with E-state index in [0.29, 0.717) is 12.6 Å². The van der Waals surface area contributed by atoms with Gasteiger partial charge in [-0.05, 0) is 43.4 Å². The van der Waals surface area contributed by atoms with Gasteiger partial charge in [-0.2, -0.15) is 0 Å². The molecule has 0 amide bonds. The number of ether oxygens (including phenoxy) is 1. The molecule has 0 atom stereocenters. The minimum atomic E-state index is -3.22. The van der Waals surface area contributed by atoms with Crippen molar-refractivity contribution < 1.29 is 13.2 Å². The van der Waals surface area contributed by atoms with Crippen LogP contribution in [0.3, 0.4) is 0 Å². The topological polar surface area (TPSA) is 70.7 Å². The fraction of sp³-hybridized carbons (Fsp3) is 0.684. The minimum Gasteiger partial charge on any atom is -0.497 e. The van der Waals surface area contributed by atoms with Crippen LogP contribution in [0.5, 0.6) is 5.75 Å². The molecule has 2 aliphatic rings. The Morgan fingerprint density at radius 1 is 1.27 bits per heavy atom. The number of nitrogens with one attached hydrogen (secondary N) is 2. The van der Waals surface area contributed by atoms with Gasteiger partial charge in [0.05, 0.1) is 13.4 Å². The van der Waals surface area contributed by atoms with Crippen molar-refractivity contribution in [3.63, 3.8) is 0 Å². The molecule has 146 valence electrons. The van der Waals surface area contributed by atoms with Crippen molar-refractivity contribution >= 4 is 10.0 Å². The Labute approximate surface area is 157 Å². The number of nitrogens with zero attached hydrogens (tertiary/aromatic N) is 1. The second-order valence-corrected chi connectivity index (χ2v) is 9.46. The molecule has 2 N–H and O–H groups in total. The van der Waals surface area contributed by atoms with Gasteiger partial charge < -0.3 is 10.1 Å². The van der Waals surface area contributed by atoms with E-state index >= 15 is 0 Å². The summed E-state index contributed by atoms with van der Waals surface area (Å²) < 4.78 is 31.6. The summed E-state index contributed by atoms with van der Waals surface area (Å²) >= 11 is 0. The standard InChI is InChI=1S/C19H31N3O3S/c1-25-18-5-3-4-16(14-18)19(15-21-26(2,23)24)8-6-17(7-9-19)22-12-10-20-11-13-22/h3-5,14,17,20-21H,6-13,15H2,1-2H3. The minimum absolute atomic E-state index is 0.165. The Balaban J connectivity index is 1.78. The fourth-order valence-corrected chi connectivity index (χ4v) is 4.90. The highest BCUT2D eigenvalue weighted by Crippen LogP contribution is 2.41. The maximum absolute atomic E-state index is 11.7. The smallest absolute Gasteiger partial charge is 0.208 e. The summed E-state index contributed by atoms with van der Waals surface area (Å²) in [5.74, 6) is 0.824.